The van der Waals surface area contributed by atoms with Gasteiger partial charge in [0.05, 0.1) is 4.92 Å². The zero-order valence-corrected chi connectivity index (χ0v) is 8.51. The normalized spacial score (nSPS) is 8.54. The standard InChI is InChI=1S/C5H5N3O2S.C2H6/c1-3-6-2-4(8(9)10)5(11)7-3;1-2/h2H,1H3,(H,6,7,11);1-2H3. The lowest BCUT2D eigenvalue weighted by Crippen LogP contribution is -1.94. The molecule has 72 valence electrons. The minimum Gasteiger partial charge on any atom is -0.329 e. The van der Waals surface area contributed by atoms with Crippen molar-refractivity contribution in [2.24, 2.45) is 0 Å². The minimum absolute atomic E-state index is 0.113. The summed E-state index contributed by atoms with van der Waals surface area (Å²) in [6, 6.07) is 0. The van der Waals surface area contributed by atoms with Crippen LogP contribution in [-0.2, 0) is 0 Å². The zero-order chi connectivity index (χ0) is 10.4. The third-order valence-electron chi connectivity index (χ3n) is 1.10. The van der Waals surface area contributed by atoms with Gasteiger partial charge < -0.3 is 4.98 Å². The highest BCUT2D eigenvalue weighted by molar-refractivity contribution is 7.71. The summed E-state index contributed by atoms with van der Waals surface area (Å²) in [7, 11) is 0. The Labute approximate surface area is 81.0 Å². The second-order valence-electron chi connectivity index (χ2n) is 1.94. The third-order valence-corrected chi connectivity index (χ3v) is 1.42. The van der Waals surface area contributed by atoms with Gasteiger partial charge in [0.2, 0.25) is 0 Å². The average Bonchev–Trinajstić information content (AvgIpc) is 2.07. The summed E-state index contributed by atoms with van der Waals surface area (Å²) in [5.41, 5.74) is -0.161. The average molecular weight is 201 g/mol. The third kappa shape index (κ3) is 3.29. The maximum absolute atomic E-state index is 10.2. The number of aromatic amines is 1. The van der Waals surface area contributed by atoms with Crippen LogP contribution in [0.25, 0.3) is 0 Å². The van der Waals surface area contributed by atoms with Crippen molar-refractivity contribution in [3.63, 3.8) is 0 Å². The van der Waals surface area contributed by atoms with Crippen molar-refractivity contribution < 1.29 is 4.92 Å². The Morgan fingerprint density at radius 1 is 1.62 bits per heavy atom. The second kappa shape index (κ2) is 5.36. The molecule has 0 radical (unpaired) electrons. The van der Waals surface area contributed by atoms with Crippen molar-refractivity contribution in [2.75, 3.05) is 0 Å². The van der Waals surface area contributed by atoms with E-state index in [9.17, 15) is 10.1 Å². The number of rotatable bonds is 1. The molecule has 1 aromatic heterocycles. The molecule has 0 fully saturated rings. The van der Waals surface area contributed by atoms with Gasteiger partial charge in [-0.1, -0.05) is 26.1 Å². The fourth-order valence-corrected chi connectivity index (χ4v) is 0.882. The highest BCUT2D eigenvalue weighted by Gasteiger charge is 2.07. The van der Waals surface area contributed by atoms with Crippen molar-refractivity contribution in [3.8, 4) is 0 Å². The second-order valence-corrected chi connectivity index (χ2v) is 2.35. The molecule has 1 aromatic rings. The molecule has 0 saturated carbocycles. The molecule has 0 spiro atoms. The molecule has 1 heterocycles. The van der Waals surface area contributed by atoms with Gasteiger partial charge in [-0.25, -0.2) is 4.98 Å². The molecule has 6 heteroatoms. The number of hydrogen-bond donors (Lipinski definition) is 1. The molecule has 0 atom stereocenters. The van der Waals surface area contributed by atoms with Crippen molar-refractivity contribution >= 4 is 17.9 Å². The molecular formula is C7H11N3O2S. The summed E-state index contributed by atoms with van der Waals surface area (Å²) < 4.78 is 0.113. The first kappa shape index (κ1) is 11.7. The number of nitro groups is 1. The maximum atomic E-state index is 10.2. The number of hydrogen-bond acceptors (Lipinski definition) is 4. The molecule has 0 aliphatic rings. The van der Waals surface area contributed by atoms with Crippen LogP contribution in [0, 0.1) is 21.7 Å². The minimum atomic E-state index is -0.564. The van der Waals surface area contributed by atoms with E-state index in [1.165, 1.54) is 0 Å². The highest BCUT2D eigenvalue weighted by atomic mass is 32.1. The molecule has 0 aromatic carbocycles. The molecular weight excluding hydrogens is 190 g/mol. The van der Waals surface area contributed by atoms with Gasteiger partial charge in [0.1, 0.15) is 12.0 Å². The summed E-state index contributed by atoms with van der Waals surface area (Å²) in [6.45, 7) is 5.68. The van der Waals surface area contributed by atoms with Gasteiger partial charge in [0, 0.05) is 0 Å². The zero-order valence-electron chi connectivity index (χ0n) is 7.70. The SMILES string of the molecule is CC.Cc1ncc([N+](=O)[O-])c(=S)[nH]1. The van der Waals surface area contributed by atoms with E-state index in [4.69, 9.17) is 0 Å². The van der Waals surface area contributed by atoms with Crippen molar-refractivity contribution in [1.29, 1.82) is 0 Å². The number of nitrogens with zero attached hydrogens (tertiary/aromatic N) is 2. The Morgan fingerprint density at radius 3 is 2.54 bits per heavy atom. The van der Waals surface area contributed by atoms with Gasteiger partial charge >= 0.3 is 5.69 Å². The van der Waals surface area contributed by atoms with Crippen molar-refractivity contribution in [1.82, 2.24) is 9.97 Å². The van der Waals surface area contributed by atoms with E-state index in [2.05, 4.69) is 22.2 Å². The quantitative estimate of drug-likeness (QED) is 0.430. The van der Waals surface area contributed by atoms with Gasteiger partial charge in [-0.3, -0.25) is 10.1 Å². The van der Waals surface area contributed by atoms with Crippen LogP contribution in [0.1, 0.15) is 19.7 Å². The van der Waals surface area contributed by atoms with Gasteiger partial charge in [-0.2, -0.15) is 0 Å². The predicted molar refractivity (Wildman–Crippen MR) is 52.2 cm³/mol. The van der Waals surface area contributed by atoms with E-state index in [0.29, 0.717) is 5.82 Å². The van der Waals surface area contributed by atoms with Gasteiger partial charge in [0.15, 0.2) is 4.64 Å². The van der Waals surface area contributed by atoms with E-state index in [1.807, 2.05) is 13.8 Å². The smallest absolute Gasteiger partial charge is 0.321 e. The number of nitrogens with one attached hydrogen (secondary N) is 1. The van der Waals surface area contributed by atoms with Gasteiger partial charge in [-0.15, -0.1) is 0 Å². The lowest BCUT2D eigenvalue weighted by molar-refractivity contribution is -0.386. The number of aryl methyl sites for hydroxylation is 1. The highest BCUT2D eigenvalue weighted by Crippen LogP contribution is 2.08. The first-order valence-electron chi connectivity index (χ1n) is 3.81. The lowest BCUT2D eigenvalue weighted by Gasteiger charge is -1.91. The molecule has 0 amide bonds. The van der Waals surface area contributed by atoms with Gasteiger partial charge in [0.25, 0.3) is 0 Å². The molecule has 0 aliphatic carbocycles. The van der Waals surface area contributed by atoms with Crippen LogP contribution >= 0.6 is 12.2 Å². The largest absolute Gasteiger partial charge is 0.329 e. The predicted octanol–water partition coefficient (Wildman–Crippen LogP) is 2.38. The molecule has 0 bridgehead atoms. The van der Waals surface area contributed by atoms with Crippen LogP contribution in [0.2, 0.25) is 0 Å². The summed E-state index contributed by atoms with van der Waals surface area (Å²) in [4.78, 5) is 15.9. The van der Waals surface area contributed by atoms with E-state index >= 15 is 0 Å². The van der Waals surface area contributed by atoms with E-state index in [0.717, 1.165) is 6.20 Å². The van der Waals surface area contributed by atoms with Gasteiger partial charge in [-0.05, 0) is 6.92 Å². The fourth-order valence-electron chi connectivity index (χ4n) is 0.607. The van der Waals surface area contributed by atoms with Crippen molar-refractivity contribution in [2.45, 2.75) is 20.8 Å². The Morgan fingerprint density at radius 2 is 2.15 bits per heavy atom. The topological polar surface area (TPSA) is 71.8 Å². The fraction of sp³-hybridized carbons (Fsp3) is 0.429. The Kier molecular flexibility index (Phi) is 4.83. The number of aromatic nitrogens is 2. The first-order chi connectivity index (χ1) is 6.11. The summed E-state index contributed by atoms with van der Waals surface area (Å²) in [6.07, 6.45) is 1.15. The van der Waals surface area contributed by atoms with Crippen LogP contribution in [0.15, 0.2) is 6.20 Å². The number of H-pyrrole nitrogens is 1. The molecule has 0 unspecified atom stereocenters. The Bertz CT molecular complexity index is 348. The van der Waals surface area contributed by atoms with E-state index in [-0.39, 0.29) is 10.3 Å². The molecule has 1 rings (SSSR count). The van der Waals surface area contributed by atoms with Crippen LogP contribution in [-0.4, -0.2) is 14.9 Å². The molecule has 0 aliphatic heterocycles. The van der Waals surface area contributed by atoms with Crippen molar-refractivity contribution in [3.05, 3.63) is 26.8 Å². The molecule has 13 heavy (non-hydrogen) atoms. The Balaban J connectivity index is 0.000000671. The van der Waals surface area contributed by atoms with Crippen LogP contribution < -0.4 is 0 Å². The maximum Gasteiger partial charge on any atom is 0.321 e. The summed E-state index contributed by atoms with van der Waals surface area (Å²) in [5, 5.41) is 10.2. The molecule has 1 N–H and O–H groups in total. The van der Waals surface area contributed by atoms with E-state index in [1.54, 1.807) is 6.92 Å². The summed E-state index contributed by atoms with van der Waals surface area (Å²) >= 11 is 4.68. The first-order valence-corrected chi connectivity index (χ1v) is 4.22. The van der Waals surface area contributed by atoms with E-state index < -0.39 is 4.92 Å². The molecule has 5 nitrogen and oxygen atoms in total. The monoisotopic (exact) mass is 201 g/mol. The van der Waals surface area contributed by atoms with Crippen LogP contribution in [0.4, 0.5) is 5.69 Å². The lowest BCUT2D eigenvalue weighted by atomic mass is 10.5. The molecule has 0 saturated heterocycles. The Hall–Kier alpha value is -1.30. The summed E-state index contributed by atoms with van der Waals surface area (Å²) in [5.74, 6) is 0.570. The van der Waals surface area contributed by atoms with Crippen LogP contribution in [0.3, 0.4) is 0 Å². The van der Waals surface area contributed by atoms with Crippen LogP contribution in [0.5, 0.6) is 0 Å².